The van der Waals surface area contributed by atoms with Gasteiger partial charge in [-0.05, 0) is 44.4 Å². The molecule has 0 aliphatic carbocycles. The number of fused-ring (bicyclic) bond motifs is 1. The molecule has 6 heteroatoms. The van der Waals surface area contributed by atoms with Gasteiger partial charge in [-0.15, -0.1) is 17.0 Å². The summed E-state index contributed by atoms with van der Waals surface area (Å²) in [5.74, 6) is 0.946. The van der Waals surface area contributed by atoms with Gasteiger partial charge in [-0.3, -0.25) is 9.69 Å². The maximum atomic E-state index is 11.5. The van der Waals surface area contributed by atoms with Crippen LogP contribution in [0.25, 0.3) is 0 Å². The number of amides is 1. The number of carbonyl (C=O) groups excluding carboxylic acids is 1. The van der Waals surface area contributed by atoms with Crippen molar-refractivity contribution in [2.24, 2.45) is 0 Å². The van der Waals surface area contributed by atoms with Gasteiger partial charge >= 0.3 is 0 Å². The Morgan fingerprint density at radius 3 is 3.00 bits per heavy atom. The molecule has 0 aromatic heterocycles. The Morgan fingerprint density at radius 1 is 1.29 bits per heavy atom. The van der Waals surface area contributed by atoms with Crippen LogP contribution >= 0.6 is 17.0 Å². The Hall–Kier alpha value is -1.11. The highest BCUT2D eigenvalue weighted by Crippen LogP contribution is 2.27. The Morgan fingerprint density at radius 2 is 2.17 bits per heavy atom. The van der Waals surface area contributed by atoms with E-state index in [0.29, 0.717) is 12.5 Å². The number of benzene rings is 1. The van der Waals surface area contributed by atoms with E-state index >= 15 is 0 Å². The largest absolute Gasteiger partial charge is 0.494 e. The van der Waals surface area contributed by atoms with Gasteiger partial charge < -0.3 is 15.4 Å². The number of ether oxygens (including phenoxy) is 1. The molecule has 1 aromatic rings. The fraction of sp³-hybridized carbons (Fsp3) is 0.611. The highest BCUT2D eigenvalue weighted by Gasteiger charge is 2.17. The van der Waals surface area contributed by atoms with E-state index in [-0.39, 0.29) is 22.9 Å². The van der Waals surface area contributed by atoms with E-state index in [1.54, 1.807) is 0 Å². The molecule has 1 aromatic carbocycles. The monoisotopic (exact) mass is 397 g/mol. The van der Waals surface area contributed by atoms with E-state index in [9.17, 15) is 4.79 Å². The molecule has 0 saturated carbocycles. The average Bonchev–Trinajstić information content (AvgIpc) is 2.56. The summed E-state index contributed by atoms with van der Waals surface area (Å²) in [6.07, 6.45) is 3.62. The maximum absolute atomic E-state index is 11.5. The quantitative estimate of drug-likeness (QED) is 0.724. The number of rotatable bonds is 6. The molecule has 1 unspecified atom stereocenters. The molecule has 2 N–H and O–H groups in total. The van der Waals surface area contributed by atoms with E-state index in [4.69, 9.17) is 4.74 Å². The molecule has 1 atom stereocenters. The lowest BCUT2D eigenvalue weighted by atomic mass is 10.0. The molecule has 0 spiro atoms. The Kier molecular flexibility index (Phi) is 7.52. The van der Waals surface area contributed by atoms with Crippen molar-refractivity contribution in [3.8, 4) is 5.75 Å². The zero-order chi connectivity index (χ0) is 16.1. The minimum atomic E-state index is 0. The number of unbranched alkanes of at least 4 members (excludes halogenated alkanes) is 1. The van der Waals surface area contributed by atoms with Crippen LogP contribution in [-0.4, -0.2) is 49.6 Å². The van der Waals surface area contributed by atoms with Crippen LogP contribution in [0.5, 0.6) is 5.75 Å². The number of anilines is 1. The zero-order valence-corrected chi connectivity index (χ0v) is 16.1. The summed E-state index contributed by atoms with van der Waals surface area (Å²) in [5, 5.41) is 6.34. The SMILES string of the molecule is Br.CC1CNCCN1CCCCOc1ccc2c(c1)NC(=O)CC2. The minimum Gasteiger partial charge on any atom is -0.494 e. The van der Waals surface area contributed by atoms with E-state index in [1.165, 1.54) is 5.56 Å². The number of nitrogens with zero attached hydrogens (tertiary/aromatic N) is 1. The average molecular weight is 398 g/mol. The number of carbonyl (C=O) groups is 1. The van der Waals surface area contributed by atoms with Gasteiger partial charge in [0.15, 0.2) is 0 Å². The normalized spacial score (nSPS) is 20.7. The number of hydrogen-bond acceptors (Lipinski definition) is 4. The lowest BCUT2D eigenvalue weighted by molar-refractivity contribution is -0.116. The third-order valence-corrected chi connectivity index (χ3v) is 4.72. The summed E-state index contributed by atoms with van der Waals surface area (Å²) in [5.41, 5.74) is 2.11. The second-order valence-electron chi connectivity index (χ2n) is 6.51. The lowest BCUT2D eigenvalue weighted by Gasteiger charge is -2.33. The first-order chi connectivity index (χ1) is 11.2. The Balaban J connectivity index is 0.00000208. The summed E-state index contributed by atoms with van der Waals surface area (Å²) in [4.78, 5) is 14.0. The van der Waals surface area contributed by atoms with Crippen molar-refractivity contribution in [3.05, 3.63) is 23.8 Å². The second kappa shape index (κ2) is 9.39. The van der Waals surface area contributed by atoms with Gasteiger partial charge in [0.05, 0.1) is 6.61 Å². The fourth-order valence-corrected chi connectivity index (χ4v) is 3.26. The van der Waals surface area contributed by atoms with Gasteiger partial charge in [-0.1, -0.05) is 6.07 Å². The number of piperazine rings is 1. The topological polar surface area (TPSA) is 53.6 Å². The van der Waals surface area contributed by atoms with E-state index in [1.807, 2.05) is 12.1 Å². The van der Waals surface area contributed by atoms with Gasteiger partial charge in [0.1, 0.15) is 5.75 Å². The van der Waals surface area contributed by atoms with E-state index in [2.05, 4.69) is 28.5 Å². The Bertz CT molecular complexity index is 553. The molecular weight excluding hydrogens is 370 g/mol. The summed E-state index contributed by atoms with van der Waals surface area (Å²) in [6, 6.07) is 6.65. The van der Waals surface area contributed by atoms with E-state index < -0.39 is 0 Å². The number of aryl methyl sites for hydroxylation is 1. The fourth-order valence-electron chi connectivity index (χ4n) is 3.26. The van der Waals surface area contributed by atoms with Gasteiger partial charge in [-0.2, -0.15) is 0 Å². The summed E-state index contributed by atoms with van der Waals surface area (Å²) in [7, 11) is 0. The van der Waals surface area contributed by atoms with Gasteiger partial charge in [0, 0.05) is 43.9 Å². The maximum Gasteiger partial charge on any atom is 0.224 e. The molecule has 134 valence electrons. The zero-order valence-electron chi connectivity index (χ0n) is 14.3. The molecule has 1 saturated heterocycles. The lowest BCUT2D eigenvalue weighted by Crippen LogP contribution is -2.49. The predicted octanol–water partition coefficient (Wildman–Crippen LogP) is 2.60. The van der Waals surface area contributed by atoms with Gasteiger partial charge in [0.2, 0.25) is 5.91 Å². The second-order valence-corrected chi connectivity index (χ2v) is 6.51. The third kappa shape index (κ3) is 5.19. The molecule has 1 fully saturated rings. The molecular formula is C18H28BrN3O2. The molecule has 2 heterocycles. The van der Waals surface area contributed by atoms with Crippen LogP contribution in [0, 0.1) is 0 Å². The first-order valence-electron chi connectivity index (χ1n) is 8.73. The van der Waals surface area contributed by atoms with Gasteiger partial charge in [0.25, 0.3) is 0 Å². The van der Waals surface area contributed by atoms with Crippen molar-refractivity contribution in [2.45, 2.75) is 38.6 Å². The van der Waals surface area contributed by atoms with Crippen LogP contribution < -0.4 is 15.4 Å². The van der Waals surface area contributed by atoms with Crippen LogP contribution in [0.4, 0.5) is 5.69 Å². The van der Waals surface area contributed by atoms with Crippen LogP contribution in [-0.2, 0) is 11.2 Å². The van der Waals surface area contributed by atoms with Crippen LogP contribution in [0.3, 0.4) is 0 Å². The van der Waals surface area contributed by atoms with E-state index in [0.717, 1.165) is 63.5 Å². The highest BCUT2D eigenvalue weighted by atomic mass is 79.9. The first kappa shape index (κ1) is 19.2. The predicted molar refractivity (Wildman–Crippen MR) is 102 cm³/mol. The molecule has 0 radical (unpaired) electrons. The standard InChI is InChI=1S/C18H27N3O2.BrH/c1-14-13-19-8-10-21(14)9-2-3-11-23-16-6-4-15-5-7-18(22)20-17(15)12-16;/h4,6,12,14,19H,2-3,5,7-11,13H2,1H3,(H,20,22);1H. The van der Waals surface area contributed by atoms with Crippen molar-refractivity contribution in [2.75, 3.05) is 38.1 Å². The molecule has 5 nitrogen and oxygen atoms in total. The summed E-state index contributed by atoms with van der Waals surface area (Å²) >= 11 is 0. The molecule has 0 bridgehead atoms. The number of hydrogen-bond donors (Lipinski definition) is 2. The Labute approximate surface area is 154 Å². The van der Waals surface area contributed by atoms with Crippen LogP contribution in [0.15, 0.2) is 18.2 Å². The van der Waals surface area contributed by atoms with Crippen molar-refractivity contribution >= 4 is 28.6 Å². The minimum absolute atomic E-state index is 0. The van der Waals surface area contributed by atoms with Crippen molar-refractivity contribution in [1.82, 2.24) is 10.2 Å². The molecule has 24 heavy (non-hydrogen) atoms. The number of nitrogens with one attached hydrogen (secondary N) is 2. The van der Waals surface area contributed by atoms with Crippen LogP contribution in [0.2, 0.25) is 0 Å². The van der Waals surface area contributed by atoms with Crippen molar-refractivity contribution < 1.29 is 9.53 Å². The van der Waals surface area contributed by atoms with Crippen LogP contribution in [0.1, 0.15) is 31.7 Å². The van der Waals surface area contributed by atoms with Gasteiger partial charge in [-0.25, -0.2) is 0 Å². The van der Waals surface area contributed by atoms with Crippen molar-refractivity contribution in [3.63, 3.8) is 0 Å². The van der Waals surface area contributed by atoms with Crippen molar-refractivity contribution in [1.29, 1.82) is 0 Å². The first-order valence-corrected chi connectivity index (χ1v) is 8.73. The summed E-state index contributed by atoms with van der Waals surface area (Å²) < 4.78 is 5.84. The smallest absolute Gasteiger partial charge is 0.224 e. The molecule has 1 amide bonds. The highest BCUT2D eigenvalue weighted by molar-refractivity contribution is 8.93. The molecule has 3 rings (SSSR count). The molecule has 2 aliphatic heterocycles. The molecule has 2 aliphatic rings. The third-order valence-electron chi connectivity index (χ3n) is 4.72. The number of halogens is 1. The summed E-state index contributed by atoms with van der Waals surface area (Å²) in [6.45, 7) is 7.50.